The molecule has 2 N–H and O–H groups in total. The number of fused-ring (bicyclic) bond motifs is 1. The molecule has 2 rings (SSSR count). The molecule has 0 aliphatic rings. The second-order valence-electron chi connectivity index (χ2n) is 4.31. The van der Waals surface area contributed by atoms with Crippen LogP contribution in [0.25, 0.3) is 10.2 Å². The van der Waals surface area contributed by atoms with Gasteiger partial charge in [0.05, 0.1) is 10.2 Å². The Labute approximate surface area is 116 Å². The van der Waals surface area contributed by atoms with Gasteiger partial charge in [0.2, 0.25) is 0 Å². The van der Waals surface area contributed by atoms with Crippen molar-refractivity contribution < 1.29 is 9.53 Å². The lowest BCUT2D eigenvalue weighted by Crippen LogP contribution is -2.28. The number of thiazole rings is 1. The molecule has 0 saturated heterocycles. The summed E-state index contributed by atoms with van der Waals surface area (Å²) in [5.41, 5.74) is 7.15. The van der Waals surface area contributed by atoms with Crippen molar-refractivity contribution in [3.63, 3.8) is 0 Å². The number of nitrogens with two attached hydrogens (primary N) is 1. The maximum Gasteiger partial charge on any atom is 0.253 e. The molecule has 0 saturated carbocycles. The first-order chi connectivity index (χ1) is 9.11. The average molecular weight is 279 g/mol. The SMILES string of the molecule is COCCCN(C)C(=O)c1ccc2nc(N)sc2c1. The number of benzene rings is 1. The van der Waals surface area contributed by atoms with E-state index in [1.165, 1.54) is 11.3 Å². The maximum atomic E-state index is 12.2. The topological polar surface area (TPSA) is 68.5 Å². The van der Waals surface area contributed by atoms with E-state index >= 15 is 0 Å². The van der Waals surface area contributed by atoms with E-state index in [-0.39, 0.29) is 5.91 Å². The summed E-state index contributed by atoms with van der Waals surface area (Å²) in [5, 5.41) is 0.521. The van der Waals surface area contributed by atoms with Crippen LogP contribution in [0.1, 0.15) is 16.8 Å². The minimum absolute atomic E-state index is 0.00461. The molecule has 1 heterocycles. The summed E-state index contributed by atoms with van der Waals surface area (Å²) in [5.74, 6) is 0.00461. The Kier molecular flexibility index (Phi) is 4.34. The van der Waals surface area contributed by atoms with Gasteiger partial charge in [-0.1, -0.05) is 11.3 Å². The van der Waals surface area contributed by atoms with E-state index in [0.717, 1.165) is 16.6 Å². The van der Waals surface area contributed by atoms with Gasteiger partial charge in [-0.25, -0.2) is 4.98 Å². The number of amides is 1. The van der Waals surface area contributed by atoms with Crippen molar-refractivity contribution in [3.8, 4) is 0 Å². The van der Waals surface area contributed by atoms with Crippen LogP contribution in [0.3, 0.4) is 0 Å². The minimum Gasteiger partial charge on any atom is -0.385 e. The highest BCUT2D eigenvalue weighted by atomic mass is 32.1. The number of hydrogen-bond acceptors (Lipinski definition) is 5. The maximum absolute atomic E-state index is 12.2. The summed E-state index contributed by atoms with van der Waals surface area (Å²) in [7, 11) is 3.45. The number of carbonyl (C=O) groups excluding carboxylic acids is 1. The zero-order valence-corrected chi connectivity index (χ0v) is 11.9. The molecule has 0 atom stereocenters. The van der Waals surface area contributed by atoms with E-state index in [2.05, 4.69) is 4.98 Å². The molecule has 1 aromatic heterocycles. The molecule has 0 bridgehead atoms. The van der Waals surface area contributed by atoms with Crippen molar-refractivity contribution >= 4 is 32.6 Å². The van der Waals surface area contributed by atoms with Gasteiger partial charge in [-0.15, -0.1) is 0 Å². The number of methoxy groups -OCH3 is 1. The molecule has 0 radical (unpaired) electrons. The number of nitrogen functional groups attached to an aromatic ring is 1. The number of hydrogen-bond donors (Lipinski definition) is 1. The lowest BCUT2D eigenvalue weighted by Gasteiger charge is -2.16. The van der Waals surface area contributed by atoms with Crippen LogP contribution in [-0.2, 0) is 4.74 Å². The van der Waals surface area contributed by atoms with Gasteiger partial charge in [0, 0.05) is 32.9 Å². The molecular weight excluding hydrogens is 262 g/mol. The molecule has 1 aromatic carbocycles. The van der Waals surface area contributed by atoms with Crippen molar-refractivity contribution in [1.29, 1.82) is 0 Å². The van der Waals surface area contributed by atoms with E-state index in [1.807, 2.05) is 12.1 Å². The van der Waals surface area contributed by atoms with Crippen LogP contribution in [0.15, 0.2) is 18.2 Å². The molecule has 19 heavy (non-hydrogen) atoms. The fraction of sp³-hybridized carbons (Fsp3) is 0.385. The molecule has 6 heteroatoms. The number of ether oxygens (including phenoxy) is 1. The second-order valence-corrected chi connectivity index (χ2v) is 5.37. The first-order valence-electron chi connectivity index (χ1n) is 6.02. The normalized spacial score (nSPS) is 10.8. The number of carbonyl (C=O) groups is 1. The standard InChI is InChI=1S/C13H17N3O2S/c1-16(6-3-7-18-2)12(17)9-4-5-10-11(8-9)19-13(14)15-10/h4-5,8H,3,6-7H2,1-2H3,(H2,14,15). The highest BCUT2D eigenvalue weighted by Gasteiger charge is 2.12. The van der Waals surface area contributed by atoms with Crippen LogP contribution in [0.5, 0.6) is 0 Å². The lowest BCUT2D eigenvalue weighted by atomic mass is 10.2. The Morgan fingerprint density at radius 3 is 3.05 bits per heavy atom. The Bertz CT molecular complexity index is 582. The number of anilines is 1. The molecule has 0 unspecified atom stereocenters. The monoisotopic (exact) mass is 279 g/mol. The minimum atomic E-state index is 0.00461. The van der Waals surface area contributed by atoms with Gasteiger partial charge in [0.1, 0.15) is 0 Å². The van der Waals surface area contributed by atoms with Crippen molar-refractivity contribution in [2.24, 2.45) is 0 Å². The number of aromatic nitrogens is 1. The van der Waals surface area contributed by atoms with Gasteiger partial charge in [-0.2, -0.15) is 0 Å². The molecule has 5 nitrogen and oxygen atoms in total. The van der Waals surface area contributed by atoms with Crippen molar-refractivity contribution in [1.82, 2.24) is 9.88 Å². The second kappa shape index (κ2) is 5.99. The summed E-state index contributed by atoms with van der Waals surface area (Å²) in [6.45, 7) is 1.33. The van der Waals surface area contributed by atoms with Crippen molar-refractivity contribution in [2.75, 3.05) is 33.0 Å². The van der Waals surface area contributed by atoms with Gasteiger partial charge >= 0.3 is 0 Å². The van der Waals surface area contributed by atoms with Crippen molar-refractivity contribution in [2.45, 2.75) is 6.42 Å². The first-order valence-corrected chi connectivity index (χ1v) is 6.84. The highest BCUT2D eigenvalue weighted by molar-refractivity contribution is 7.22. The third-order valence-electron chi connectivity index (χ3n) is 2.84. The number of rotatable bonds is 5. The Morgan fingerprint density at radius 2 is 2.32 bits per heavy atom. The van der Waals surface area contributed by atoms with Crippen LogP contribution in [0, 0.1) is 0 Å². The first kappa shape index (κ1) is 13.8. The van der Waals surface area contributed by atoms with Crippen LogP contribution < -0.4 is 5.73 Å². The van der Waals surface area contributed by atoms with Crippen LogP contribution in [0.4, 0.5) is 5.13 Å². The summed E-state index contributed by atoms with van der Waals surface area (Å²) in [6, 6.07) is 5.47. The van der Waals surface area contributed by atoms with Gasteiger partial charge in [0.15, 0.2) is 5.13 Å². The van der Waals surface area contributed by atoms with Gasteiger partial charge in [-0.3, -0.25) is 4.79 Å². The highest BCUT2D eigenvalue weighted by Crippen LogP contribution is 2.24. The zero-order valence-electron chi connectivity index (χ0n) is 11.0. The summed E-state index contributed by atoms with van der Waals surface area (Å²) in [4.78, 5) is 18.1. The van der Waals surface area contributed by atoms with E-state index in [0.29, 0.717) is 23.8 Å². The lowest BCUT2D eigenvalue weighted by molar-refractivity contribution is 0.0779. The Balaban J connectivity index is 2.11. The van der Waals surface area contributed by atoms with E-state index in [9.17, 15) is 4.79 Å². The fourth-order valence-corrected chi connectivity index (χ4v) is 2.62. The van der Waals surface area contributed by atoms with Crippen LogP contribution >= 0.6 is 11.3 Å². The molecule has 1 amide bonds. The molecule has 0 spiro atoms. The quantitative estimate of drug-likeness (QED) is 0.850. The summed E-state index contributed by atoms with van der Waals surface area (Å²) >= 11 is 1.39. The third kappa shape index (κ3) is 3.21. The van der Waals surface area contributed by atoms with Gasteiger partial charge < -0.3 is 15.4 Å². The van der Waals surface area contributed by atoms with Crippen molar-refractivity contribution in [3.05, 3.63) is 23.8 Å². The zero-order chi connectivity index (χ0) is 13.8. The van der Waals surface area contributed by atoms with E-state index in [4.69, 9.17) is 10.5 Å². The van der Waals surface area contributed by atoms with Crippen LogP contribution in [-0.4, -0.2) is 43.1 Å². The molecular formula is C13H17N3O2S. The number of nitrogens with zero attached hydrogens (tertiary/aromatic N) is 2. The Hall–Kier alpha value is -1.66. The average Bonchev–Trinajstić information content (AvgIpc) is 2.77. The predicted octanol–water partition coefficient (Wildman–Crippen LogP) is 1.99. The van der Waals surface area contributed by atoms with E-state index < -0.39 is 0 Å². The predicted molar refractivity (Wildman–Crippen MR) is 77.5 cm³/mol. The summed E-state index contributed by atoms with van der Waals surface area (Å²) < 4.78 is 5.92. The fourth-order valence-electron chi connectivity index (χ4n) is 1.84. The summed E-state index contributed by atoms with van der Waals surface area (Å²) in [6.07, 6.45) is 0.828. The smallest absolute Gasteiger partial charge is 0.253 e. The Morgan fingerprint density at radius 1 is 1.53 bits per heavy atom. The third-order valence-corrected chi connectivity index (χ3v) is 3.69. The molecule has 0 fully saturated rings. The molecule has 0 aliphatic carbocycles. The molecule has 2 aromatic rings. The molecule has 102 valence electrons. The van der Waals surface area contributed by atoms with Crippen LogP contribution in [0.2, 0.25) is 0 Å². The van der Waals surface area contributed by atoms with Gasteiger partial charge in [-0.05, 0) is 24.6 Å². The van der Waals surface area contributed by atoms with E-state index in [1.54, 1.807) is 25.1 Å². The molecule has 0 aliphatic heterocycles. The largest absolute Gasteiger partial charge is 0.385 e. The van der Waals surface area contributed by atoms with Gasteiger partial charge in [0.25, 0.3) is 5.91 Å².